The molecule has 0 aromatic heterocycles. The van der Waals surface area contributed by atoms with E-state index in [-0.39, 0.29) is 36.0 Å². The Morgan fingerprint density at radius 2 is 1.31 bits per heavy atom. The highest BCUT2D eigenvalue weighted by atomic mass is 32.2. The van der Waals surface area contributed by atoms with Crippen LogP contribution in [0.5, 0.6) is 11.5 Å². The van der Waals surface area contributed by atoms with Gasteiger partial charge in [-0.1, -0.05) is 12.1 Å². The predicted molar refractivity (Wildman–Crippen MR) is 165 cm³/mol. The summed E-state index contributed by atoms with van der Waals surface area (Å²) in [6, 6.07) is 9.25. The van der Waals surface area contributed by atoms with E-state index < -0.39 is 43.9 Å². The van der Waals surface area contributed by atoms with E-state index in [1.54, 1.807) is 32.9 Å². The summed E-state index contributed by atoms with van der Waals surface area (Å²) in [5.41, 5.74) is 6.61. The molecule has 0 unspecified atom stereocenters. The Bertz CT molecular complexity index is 1640. The van der Waals surface area contributed by atoms with Crippen LogP contribution in [0, 0.1) is 0 Å². The van der Waals surface area contributed by atoms with Crippen molar-refractivity contribution >= 4 is 49.7 Å². The lowest BCUT2D eigenvalue weighted by Crippen LogP contribution is -2.33. The molecule has 0 atom stereocenters. The quantitative estimate of drug-likeness (QED) is 0.201. The summed E-state index contributed by atoms with van der Waals surface area (Å²) in [4.78, 5) is 33.9. The number of anilines is 2. The molecule has 45 heavy (non-hydrogen) atoms. The maximum atomic E-state index is 11.8. The van der Waals surface area contributed by atoms with Crippen molar-refractivity contribution in [2.75, 3.05) is 34.8 Å². The van der Waals surface area contributed by atoms with Gasteiger partial charge in [0.2, 0.25) is 0 Å². The van der Waals surface area contributed by atoms with E-state index in [9.17, 15) is 41.4 Å². The lowest BCUT2D eigenvalue weighted by molar-refractivity contribution is -0.118. The van der Waals surface area contributed by atoms with Gasteiger partial charge in [0.05, 0.1) is 11.4 Å². The zero-order valence-electron chi connectivity index (χ0n) is 25.1. The summed E-state index contributed by atoms with van der Waals surface area (Å²) < 4.78 is 57.4. The highest BCUT2D eigenvalue weighted by Gasteiger charge is 2.36. The Morgan fingerprint density at radius 3 is 1.67 bits per heavy atom. The van der Waals surface area contributed by atoms with E-state index in [1.807, 2.05) is 9.44 Å². The molecule has 248 valence electrons. The SMILES string of the molecule is CC(C)(C)OC(=O)NCCCc1ccc(N2CC(=O)NS2(=O)=O)c(O)c1.NCCCc1ccc(N2CC(=O)NS2(=O)=O)c(O)c1. The summed E-state index contributed by atoms with van der Waals surface area (Å²) in [6.07, 6.45) is 2.16. The first-order chi connectivity index (χ1) is 20.9. The van der Waals surface area contributed by atoms with Gasteiger partial charge in [-0.2, -0.15) is 16.8 Å². The first-order valence-electron chi connectivity index (χ1n) is 13.9. The van der Waals surface area contributed by atoms with Crippen LogP contribution in [0.15, 0.2) is 36.4 Å². The molecule has 4 rings (SSSR count). The maximum absolute atomic E-state index is 11.8. The van der Waals surface area contributed by atoms with Gasteiger partial charge in [-0.3, -0.25) is 9.59 Å². The van der Waals surface area contributed by atoms with Gasteiger partial charge in [0, 0.05) is 6.54 Å². The van der Waals surface area contributed by atoms with Gasteiger partial charge in [-0.05, 0) is 88.4 Å². The number of carbonyl (C=O) groups excluding carboxylic acids is 3. The van der Waals surface area contributed by atoms with E-state index in [0.29, 0.717) is 32.4 Å². The molecule has 0 saturated carbocycles. The van der Waals surface area contributed by atoms with Crippen LogP contribution in [0.25, 0.3) is 0 Å². The Kier molecular flexibility index (Phi) is 11.1. The molecule has 7 N–H and O–H groups in total. The lowest BCUT2D eigenvalue weighted by Gasteiger charge is -2.19. The number of aryl methyl sites for hydroxylation is 2. The van der Waals surface area contributed by atoms with E-state index in [4.69, 9.17) is 10.5 Å². The molecule has 0 spiro atoms. The highest BCUT2D eigenvalue weighted by molar-refractivity contribution is 7.92. The minimum Gasteiger partial charge on any atom is -0.506 e. The van der Waals surface area contributed by atoms with Gasteiger partial charge in [-0.15, -0.1) is 0 Å². The molecule has 2 fully saturated rings. The van der Waals surface area contributed by atoms with Crippen molar-refractivity contribution in [3.8, 4) is 11.5 Å². The fraction of sp³-hybridized carbons (Fsp3) is 0.444. The van der Waals surface area contributed by atoms with E-state index in [2.05, 4.69) is 5.32 Å². The van der Waals surface area contributed by atoms with Crippen LogP contribution >= 0.6 is 0 Å². The van der Waals surface area contributed by atoms with Crippen molar-refractivity contribution in [3.63, 3.8) is 0 Å². The molecule has 2 aromatic carbocycles. The third kappa shape index (κ3) is 9.85. The number of nitrogens with one attached hydrogen (secondary N) is 3. The van der Waals surface area contributed by atoms with Crippen molar-refractivity contribution in [3.05, 3.63) is 47.5 Å². The normalized spacial score (nSPS) is 16.8. The average molecular weight is 671 g/mol. The summed E-state index contributed by atoms with van der Waals surface area (Å²) in [7, 11) is -7.85. The molecule has 2 aliphatic rings. The van der Waals surface area contributed by atoms with Gasteiger partial charge in [-0.25, -0.2) is 22.8 Å². The fourth-order valence-corrected chi connectivity index (χ4v) is 6.62. The van der Waals surface area contributed by atoms with E-state index >= 15 is 0 Å². The number of phenols is 2. The number of hydrogen-bond donors (Lipinski definition) is 6. The van der Waals surface area contributed by atoms with Gasteiger partial charge in [0.25, 0.3) is 11.8 Å². The molecule has 2 heterocycles. The Morgan fingerprint density at radius 1 is 0.867 bits per heavy atom. The van der Waals surface area contributed by atoms with Crippen LogP contribution in [0.4, 0.5) is 16.2 Å². The van der Waals surface area contributed by atoms with Crippen molar-refractivity contribution in [1.82, 2.24) is 14.8 Å². The van der Waals surface area contributed by atoms with Crippen molar-refractivity contribution in [2.45, 2.75) is 52.1 Å². The molecule has 2 saturated heterocycles. The van der Waals surface area contributed by atoms with Gasteiger partial charge >= 0.3 is 26.5 Å². The van der Waals surface area contributed by atoms with Crippen molar-refractivity contribution in [2.24, 2.45) is 5.73 Å². The van der Waals surface area contributed by atoms with E-state index in [0.717, 1.165) is 26.2 Å². The molecular weight excluding hydrogens is 632 g/mol. The average Bonchev–Trinajstić information content (AvgIpc) is 3.35. The minimum atomic E-state index is -3.96. The summed E-state index contributed by atoms with van der Waals surface area (Å²) in [6.45, 7) is 5.59. The van der Waals surface area contributed by atoms with E-state index in [1.165, 1.54) is 24.3 Å². The predicted octanol–water partition coefficient (Wildman–Crippen LogP) is 0.495. The molecule has 0 bridgehead atoms. The number of rotatable bonds is 9. The third-order valence-electron chi connectivity index (χ3n) is 6.24. The third-order valence-corrected chi connectivity index (χ3v) is 9.02. The highest BCUT2D eigenvalue weighted by Crippen LogP contribution is 2.32. The summed E-state index contributed by atoms with van der Waals surface area (Å²) >= 11 is 0. The number of nitrogens with zero attached hydrogens (tertiary/aromatic N) is 2. The minimum absolute atomic E-state index is 0.0407. The van der Waals surface area contributed by atoms with Crippen LogP contribution in [0.1, 0.15) is 44.7 Å². The van der Waals surface area contributed by atoms with Crippen LogP contribution in [0.2, 0.25) is 0 Å². The molecular formula is C27H38N6O10S2. The lowest BCUT2D eigenvalue weighted by atomic mass is 10.1. The first-order valence-corrected chi connectivity index (χ1v) is 16.8. The zero-order chi connectivity index (χ0) is 33.6. The molecule has 3 amide bonds. The number of nitrogens with two attached hydrogens (primary N) is 1. The van der Waals surface area contributed by atoms with Crippen LogP contribution in [-0.4, -0.2) is 76.7 Å². The summed E-state index contributed by atoms with van der Waals surface area (Å²) in [5.74, 6) is -1.68. The number of alkyl carbamates (subject to hydrolysis) is 1. The first kappa shape index (κ1) is 35.2. The summed E-state index contributed by atoms with van der Waals surface area (Å²) in [5, 5.41) is 22.6. The number of phenolic OH excluding ortho intramolecular Hbond substituents is 2. The second-order valence-corrected chi connectivity index (χ2v) is 14.3. The smallest absolute Gasteiger partial charge is 0.407 e. The van der Waals surface area contributed by atoms with Crippen LogP contribution in [-0.2, 0) is 47.6 Å². The number of hydrogen-bond acceptors (Lipinski definition) is 11. The Hall–Kier alpha value is -4.29. The molecule has 0 radical (unpaired) electrons. The van der Waals surface area contributed by atoms with Gasteiger partial charge in [0.15, 0.2) is 0 Å². The maximum Gasteiger partial charge on any atom is 0.407 e. The molecule has 2 aromatic rings. The van der Waals surface area contributed by atoms with Crippen LogP contribution in [0.3, 0.4) is 0 Å². The Labute approximate surface area is 261 Å². The van der Waals surface area contributed by atoms with Crippen LogP contribution < -0.4 is 29.1 Å². The van der Waals surface area contributed by atoms with Gasteiger partial charge in [0.1, 0.15) is 30.2 Å². The number of amides is 3. The molecule has 2 aliphatic heterocycles. The standard InChI is InChI=1S/C16H23N3O6S.C11H15N3O4S/c1-16(2,3)25-15(22)17-8-4-5-11-6-7-12(13(20)9-11)19-10-14(21)18-26(19,23)24;12-5-1-2-8-3-4-9(10(15)6-8)14-7-11(16)13-19(14,17)18/h6-7,9,20H,4-5,8,10H2,1-3H3,(H,17,22)(H,18,21);3-4,6,15H,1-2,5,7,12H2,(H,13,16). The Balaban J connectivity index is 0.000000257. The molecule has 0 aliphatic carbocycles. The number of aromatic hydroxyl groups is 2. The van der Waals surface area contributed by atoms with Gasteiger partial charge < -0.3 is 26.0 Å². The number of benzene rings is 2. The fourth-order valence-electron chi connectivity index (χ4n) is 4.30. The van der Waals surface area contributed by atoms with Crippen molar-refractivity contribution in [1.29, 1.82) is 0 Å². The molecule has 16 nitrogen and oxygen atoms in total. The second-order valence-electron chi connectivity index (χ2n) is 11.1. The largest absolute Gasteiger partial charge is 0.506 e. The second kappa shape index (κ2) is 14.2. The monoisotopic (exact) mass is 670 g/mol. The topological polar surface area (TPSA) is 238 Å². The van der Waals surface area contributed by atoms with Crippen molar-refractivity contribution < 1.29 is 46.2 Å². The zero-order valence-corrected chi connectivity index (χ0v) is 26.7. The number of carbonyl (C=O) groups is 3. The number of ether oxygens (including phenoxy) is 1. The molecule has 18 heteroatoms.